The Labute approximate surface area is 122 Å². The Kier molecular flexibility index (Phi) is 4.75. The highest BCUT2D eigenvalue weighted by atomic mass is 16.5. The second-order valence-corrected chi connectivity index (χ2v) is 7.54. The summed E-state index contributed by atoms with van der Waals surface area (Å²) in [5, 5.41) is 13.0. The molecule has 1 aliphatic heterocycles. The molecule has 1 saturated carbocycles. The first-order valence-corrected chi connectivity index (χ1v) is 7.93. The molecule has 1 aliphatic carbocycles. The first-order chi connectivity index (χ1) is 9.33. The van der Waals surface area contributed by atoms with Gasteiger partial charge in [0.25, 0.3) is 0 Å². The van der Waals surface area contributed by atoms with Crippen LogP contribution in [0.4, 0.5) is 0 Å². The van der Waals surface area contributed by atoms with E-state index in [1.165, 1.54) is 0 Å². The molecule has 1 saturated heterocycles. The van der Waals surface area contributed by atoms with Gasteiger partial charge in [0.05, 0.1) is 6.10 Å². The maximum Gasteiger partial charge on any atom is 0.323 e. The number of aliphatic carboxylic acids is 1. The van der Waals surface area contributed by atoms with Crippen LogP contribution in [0.2, 0.25) is 0 Å². The summed E-state index contributed by atoms with van der Waals surface area (Å²) in [6.07, 6.45) is 5.80. The predicted octanol–water partition coefficient (Wildman–Crippen LogP) is 2.81. The number of ether oxygens (including phenoxy) is 1. The van der Waals surface area contributed by atoms with Crippen LogP contribution < -0.4 is 5.32 Å². The minimum Gasteiger partial charge on any atom is -0.480 e. The highest BCUT2D eigenvalue weighted by Gasteiger charge is 2.44. The van der Waals surface area contributed by atoms with Gasteiger partial charge in [-0.2, -0.15) is 0 Å². The number of rotatable bonds is 4. The molecule has 0 aromatic heterocycles. The van der Waals surface area contributed by atoms with Crippen LogP contribution in [0.1, 0.15) is 59.3 Å². The maximum absolute atomic E-state index is 11.7. The van der Waals surface area contributed by atoms with Gasteiger partial charge in [0.15, 0.2) is 0 Å². The number of hydrogen-bond acceptors (Lipinski definition) is 3. The van der Waals surface area contributed by atoms with Gasteiger partial charge in [0.2, 0.25) is 0 Å². The molecule has 2 N–H and O–H groups in total. The zero-order chi connectivity index (χ0) is 14.8. The summed E-state index contributed by atoms with van der Waals surface area (Å²) in [5.41, 5.74) is -0.451. The average Bonchev–Trinajstić information content (AvgIpc) is 2.88. The Morgan fingerprint density at radius 3 is 2.40 bits per heavy atom. The van der Waals surface area contributed by atoms with E-state index >= 15 is 0 Å². The highest BCUT2D eigenvalue weighted by Crippen LogP contribution is 2.41. The lowest BCUT2D eigenvalue weighted by Crippen LogP contribution is -2.56. The van der Waals surface area contributed by atoms with E-state index in [2.05, 4.69) is 26.1 Å². The Hall–Kier alpha value is -0.610. The standard InChI is InChI=1S/C16H29NO3/c1-15(2,3)12-6-8-16(9-7-12,14(18)19)17-11-13-5-4-10-20-13/h12-13,17H,4-11H2,1-3H3,(H,18,19). The zero-order valence-corrected chi connectivity index (χ0v) is 13.1. The first kappa shape index (κ1) is 15.8. The summed E-state index contributed by atoms with van der Waals surface area (Å²) in [4.78, 5) is 11.7. The number of carboxylic acid groups (broad SMARTS) is 1. The summed E-state index contributed by atoms with van der Waals surface area (Å²) in [6, 6.07) is 0. The second-order valence-electron chi connectivity index (χ2n) is 7.54. The normalized spacial score (nSPS) is 35.1. The van der Waals surface area contributed by atoms with Crippen molar-refractivity contribution in [3.05, 3.63) is 0 Å². The molecule has 4 nitrogen and oxygen atoms in total. The number of hydrogen-bond donors (Lipinski definition) is 2. The van der Waals surface area contributed by atoms with E-state index in [0.29, 0.717) is 12.5 Å². The molecule has 20 heavy (non-hydrogen) atoms. The van der Waals surface area contributed by atoms with Gasteiger partial charge in [-0.15, -0.1) is 0 Å². The molecule has 1 atom stereocenters. The number of carbonyl (C=O) groups is 1. The van der Waals surface area contributed by atoms with Gasteiger partial charge in [0.1, 0.15) is 5.54 Å². The van der Waals surface area contributed by atoms with Gasteiger partial charge >= 0.3 is 5.97 Å². The van der Waals surface area contributed by atoms with Crippen molar-refractivity contribution in [2.75, 3.05) is 13.2 Å². The summed E-state index contributed by atoms with van der Waals surface area (Å²) >= 11 is 0. The molecule has 0 aromatic rings. The van der Waals surface area contributed by atoms with Gasteiger partial charge in [-0.1, -0.05) is 20.8 Å². The molecular formula is C16H29NO3. The quantitative estimate of drug-likeness (QED) is 0.833. The van der Waals surface area contributed by atoms with Crippen molar-refractivity contribution in [1.29, 1.82) is 0 Å². The van der Waals surface area contributed by atoms with Gasteiger partial charge < -0.3 is 9.84 Å². The summed E-state index contributed by atoms with van der Waals surface area (Å²) in [5.74, 6) is -0.0673. The van der Waals surface area contributed by atoms with Gasteiger partial charge in [-0.3, -0.25) is 10.1 Å². The largest absolute Gasteiger partial charge is 0.480 e. The molecule has 2 rings (SSSR count). The summed E-state index contributed by atoms with van der Waals surface area (Å²) in [6.45, 7) is 8.26. The van der Waals surface area contributed by atoms with Crippen molar-refractivity contribution in [1.82, 2.24) is 5.32 Å². The van der Waals surface area contributed by atoms with Crippen molar-refractivity contribution in [2.24, 2.45) is 11.3 Å². The lowest BCUT2D eigenvalue weighted by molar-refractivity contribution is -0.147. The van der Waals surface area contributed by atoms with E-state index in [1.807, 2.05) is 0 Å². The van der Waals surface area contributed by atoms with Crippen LogP contribution in [-0.2, 0) is 9.53 Å². The fourth-order valence-electron chi connectivity index (χ4n) is 3.56. The van der Waals surface area contributed by atoms with E-state index in [0.717, 1.165) is 45.1 Å². The third-order valence-electron chi connectivity index (χ3n) is 5.17. The minimum absolute atomic E-state index is 0.201. The monoisotopic (exact) mass is 283 g/mol. The second kappa shape index (κ2) is 6.02. The van der Waals surface area contributed by atoms with E-state index in [4.69, 9.17) is 4.74 Å². The van der Waals surface area contributed by atoms with Crippen LogP contribution in [0.5, 0.6) is 0 Å². The molecule has 1 heterocycles. The van der Waals surface area contributed by atoms with Crippen LogP contribution in [0.3, 0.4) is 0 Å². The van der Waals surface area contributed by atoms with Crippen LogP contribution in [0.15, 0.2) is 0 Å². The molecule has 0 aromatic carbocycles. The topological polar surface area (TPSA) is 58.6 Å². The van der Waals surface area contributed by atoms with Crippen molar-refractivity contribution >= 4 is 5.97 Å². The van der Waals surface area contributed by atoms with Crippen molar-refractivity contribution < 1.29 is 14.6 Å². The van der Waals surface area contributed by atoms with Crippen LogP contribution >= 0.6 is 0 Å². The number of nitrogens with one attached hydrogen (secondary N) is 1. The zero-order valence-electron chi connectivity index (χ0n) is 13.1. The fourth-order valence-corrected chi connectivity index (χ4v) is 3.56. The van der Waals surface area contributed by atoms with Gasteiger partial charge in [-0.25, -0.2) is 0 Å². The Bertz CT molecular complexity index is 334. The Balaban J connectivity index is 1.92. The van der Waals surface area contributed by atoms with Crippen LogP contribution in [0, 0.1) is 11.3 Å². The molecule has 1 unspecified atom stereocenters. The van der Waals surface area contributed by atoms with E-state index in [9.17, 15) is 9.90 Å². The minimum atomic E-state index is -0.728. The van der Waals surface area contributed by atoms with Gasteiger partial charge in [-0.05, 0) is 49.9 Å². The summed E-state index contributed by atoms with van der Waals surface area (Å²) in [7, 11) is 0. The molecule has 0 bridgehead atoms. The predicted molar refractivity (Wildman–Crippen MR) is 78.8 cm³/mol. The molecule has 2 fully saturated rings. The third kappa shape index (κ3) is 3.53. The molecule has 0 radical (unpaired) electrons. The van der Waals surface area contributed by atoms with Gasteiger partial charge in [0, 0.05) is 13.2 Å². The van der Waals surface area contributed by atoms with Crippen molar-refractivity contribution in [3.8, 4) is 0 Å². The summed E-state index contributed by atoms with van der Waals surface area (Å²) < 4.78 is 5.59. The highest BCUT2D eigenvalue weighted by molar-refractivity contribution is 5.79. The lowest BCUT2D eigenvalue weighted by Gasteiger charge is -2.42. The molecule has 0 amide bonds. The molecular weight excluding hydrogens is 254 g/mol. The Morgan fingerprint density at radius 1 is 1.30 bits per heavy atom. The fraction of sp³-hybridized carbons (Fsp3) is 0.938. The van der Waals surface area contributed by atoms with E-state index < -0.39 is 11.5 Å². The van der Waals surface area contributed by atoms with Crippen molar-refractivity contribution in [2.45, 2.75) is 70.9 Å². The lowest BCUT2D eigenvalue weighted by atomic mass is 9.67. The molecule has 0 spiro atoms. The molecule has 116 valence electrons. The Morgan fingerprint density at radius 2 is 1.95 bits per heavy atom. The first-order valence-electron chi connectivity index (χ1n) is 7.93. The smallest absolute Gasteiger partial charge is 0.323 e. The average molecular weight is 283 g/mol. The third-order valence-corrected chi connectivity index (χ3v) is 5.17. The van der Waals surface area contributed by atoms with Crippen molar-refractivity contribution in [3.63, 3.8) is 0 Å². The molecule has 2 aliphatic rings. The SMILES string of the molecule is CC(C)(C)C1CCC(NCC2CCCO2)(C(=O)O)CC1. The van der Waals surface area contributed by atoms with Crippen LogP contribution in [0.25, 0.3) is 0 Å². The maximum atomic E-state index is 11.7. The number of carboxylic acids is 1. The van der Waals surface area contributed by atoms with Crippen LogP contribution in [-0.4, -0.2) is 35.9 Å². The van der Waals surface area contributed by atoms with E-state index in [1.54, 1.807) is 0 Å². The van der Waals surface area contributed by atoms with E-state index in [-0.39, 0.29) is 11.5 Å². The molecule has 4 heteroatoms.